The lowest BCUT2D eigenvalue weighted by Gasteiger charge is -2.00. The molecule has 1 aromatic rings. The lowest BCUT2D eigenvalue weighted by molar-refractivity contribution is -0.104. The van der Waals surface area contributed by atoms with Crippen LogP contribution in [0.2, 0.25) is 0 Å². The largest absolute Gasteiger partial charge is 0.299 e. The molecule has 1 aromatic carbocycles. The summed E-state index contributed by atoms with van der Waals surface area (Å²) >= 11 is 0. The first kappa shape index (κ1) is 9.46. The molecule has 66 valence electrons. The summed E-state index contributed by atoms with van der Waals surface area (Å²) in [5.41, 5.74) is 2.15. The van der Waals surface area contributed by atoms with Gasteiger partial charge >= 0.3 is 0 Å². The fourth-order valence-electron chi connectivity index (χ4n) is 1.06. The molecule has 0 spiro atoms. The third-order valence-corrected chi connectivity index (χ3v) is 1.76. The SMILES string of the molecule is C=C(C/C=C/C=O)c1ccccc1. The van der Waals surface area contributed by atoms with Crippen LogP contribution in [0.1, 0.15) is 12.0 Å². The standard InChI is InChI=1S/C12H12O/c1-11(7-5-6-10-13)12-8-3-2-4-9-12/h2-6,8-10H,1,7H2/b6-5+. The van der Waals surface area contributed by atoms with Gasteiger partial charge in [0, 0.05) is 0 Å². The molecule has 0 aliphatic carbocycles. The molecular weight excluding hydrogens is 160 g/mol. The van der Waals surface area contributed by atoms with Crippen LogP contribution in [0.4, 0.5) is 0 Å². The number of carbonyl (C=O) groups is 1. The molecule has 0 aliphatic heterocycles. The van der Waals surface area contributed by atoms with Crippen molar-refractivity contribution in [3.8, 4) is 0 Å². The van der Waals surface area contributed by atoms with E-state index in [1.165, 1.54) is 6.08 Å². The van der Waals surface area contributed by atoms with E-state index in [2.05, 4.69) is 6.58 Å². The van der Waals surface area contributed by atoms with Crippen LogP contribution in [-0.4, -0.2) is 6.29 Å². The van der Waals surface area contributed by atoms with Gasteiger partial charge in [-0.05, 0) is 23.6 Å². The summed E-state index contributed by atoms with van der Waals surface area (Å²) in [6, 6.07) is 9.94. The molecule has 0 fully saturated rings. The first-order valence-corrected chi connectivity index (χ1v) is 4.18. The van der Waals surface area contributed by atoms with Gasteiger partial charge in [0.15, 0.2) is 0 Å². The van der Waals surface area contributed by atoms with Crippen LogP contribution in [-0.2, 0) is 4.79 Å². The van der Waals surface area contributed by atoms with Crippen molar-refractivity contribution in [2.24, 2.45) is 0 Å². The van der Waals surface area contributed by atoms with Gasteiger partial charge < -0.3 is 0 Å². The maximum atomic E-state index is 10.0. The van der Waals surface area contributed by atoms with Crippen LogP contribution < -0.4 is 0 Å². The zero-order chi connectivity index (χ0) is 9.52. The zero-order valence-corrected chi connectivity index (χ0v) is 7.44. The van der Waals surface area contributed by atoms with Gasteiger partial charge in [0.25, 0.3) is 0 Å². The van der Waals surface area contributed by atoms with E-state index in [4.69, 9.17) is 0 Å². The molecule has 0 radical (unpaired) electrons. The van der Waals surface area contributed by atoms with Crippen molar-refractivity contribution < 1.29 is 4.79 Å². The van der Waals surface area contributed by atoms with E-state index in [9.17, 15) is 4.79 Å². The Hall–Kier alpha value is -1.63. The van der Waals surface area contributed by atoms with Gasteiger partial charge in [0.2, 0.25) is 0 Å². The van der Waals surface area contributed by atoms with Gasteiger partial charge in [-0.2, -0.15) is 0 Å². The summed E-state index contributed by atoms with van der Waals surface area (Å²) < 4.78 is 0. The smallest absolute Gasteiger partial charge is 0.142 e. The number of carbonyl (C=O) groups excluding carboxylic acids is 1. The van der Waals surface area contributed by atoms with Crippen molar-refractivity contribution in [2.45, 2.75) is 6.42 Å². The molecule has 0 saturated heterocycles. The number of hydrogen-bond donors (Lipinski definition) is 0. The summed E-state index contributed by atoms with van der Waals surface area (Å²) in [7, 11) is 0. The van der Waals surface area contributed by atoms with Crippen LogP contribution >= 0.6 is 0 Å². The van der Waals surface area contributed by atoms with Crippen LogP contribution in [0.5, 0.6) is 0 Å². The minimum absolute atomic E-state index is 0.725. The molecule has 0 saturated carbocycles. The van der Waals surface area contributed by atoms with Crippen molar-refractivity contribution in [2.75, 3.05) is 0 Å². The lowest BCUT2D eigenvalue weighted by atomic mass is 10.0. The Labute approximate surface area is 78.4 Å². The average Bonchev–Trinajstić information content (AvgIpc) is 2.19. The highest BCUT2D eigenvalue weighted by Gasteiger charge is 1.93. The fourth-order valence-corrected chi connectivity index (χ4v) is 1.06. The van der Waals surface area contributed by atoms with E-state index >= 15 is 0 Å². The number of hydrogen-bond acceptors (Lipinski definition) is 1. The molecule has 13 heavy (non-hydrogen) atoms. The van der Waals surface area contributed by atoms with Gasteiger partial charge in [-0.3, -0.25) is 4.79 Å². The number of rotatable bonds is 4. The molecule has 1 rings (SSSR count). The summed E-state index contributed by atoms with van der Waals surface area (Å²) in [4.78, 5) is 10.0. The van der Waals surface area contributed by atoms with Crippen molar-refractivity contribution >= 4 is 11.9 Å². The number of aldehydes is 1. The van der Waals surface area contributed by atoms with Gasteiger partial charge in [0.1, 0.15) is 6.29 Å². The molecule has 0 unspecified atom stereocenters. The molecule has 0 amide bonds. The molecule has 0 atom stereocenters. The molecule has 0 aliphatic rings. The average molecular weight is 172 g/mol. The third-order valence-electron chi connectivity index (χ3n) is 1.76. The maximum absolute atomic E-state index is 10.0. The van der Waals surface area contributed by atoms with Gasteiger partial charge in [0.05, 0.1) is 0 Å². The maximum Gasteiger partial charge on any atom is 0.142 e. The van der Waals surface area contributed by atoms with Crippen LogP contribution in [0, 0.1) is 0 Å². The molecule has 1 nitrogen and oxygen atoms in total. The van der Waals surface area contributed by atoms with Gasteiger partial charge in [-0.1, -0.05) is 43.0 Å². The second kappa shape index (κ2) is 5.09. The molecule has 0 heterocycles. The molecule has 0 N–H and O–H groups in total. The van der Waals surface area contributed by atoms with E-state index in [0.717, 1.165) is 23.8 Å². The van der Waals surface area contributed by atoms with Crippen molar-refractivity contribution in [3.63, 3.8) is 0 Å². The quantitative estimate of drug-likeness (QED) is 0.504. The number of allylic oxidation sites excluding steroid dienone is 3. The van der Waals surface area contributed by atoms with Crippen LogP contribution in [0.15, 0.2) is 49.1 Å². The highest BCUT2D eigenvalue weighted by Crippen LogP contribution is 2.15. The molecule has 0 aromatic heterocycles. The fraction of sp³-hybridized carbons (Fsp3) is 0.0833. The first-order valence-electron chi connectivity index (χ1n) is 4.18. The Balaban J connectivity index is 2.59. The van der Waals surface area contributed by atoms with Crippen LogP contribution in [0.25, 0.3) is 5.57 Å². The molecule has 1 heteroatoms. The van der Waals surface area contributed by atoms with Gasteiger partial charge in [-0.15, -0.1) is 0 Å². The van der Waals surface area contributed by atoms with E-state index in [1.807, 2.05) is 36.4 Å². The Kier molecular flexibility index (Phi) is 3.71. The van der Waals surface area contributed by atoms with E-state index in [-0.39, 0.29) is 0 Å². The minimum atomic E-state index is 0.725. The van der Waals surface area contributed by atoms with Crippen molar-refractivity contribution in [3.05, 3.63) is 54.6 Å². The normalized spacial score (nSPS) is 10.2. The highest BCUT2D eigenvalue weighted by atomic mass is 16.1. The number of benzene rings is 1. The van der Waals surface area contributed by atoms with Crippen molar-refractivity contribution in [1.82, 2.24) is 0 Å². The summed E-state index contributed by atoms with van der Waals surface area (Å²) in [6.07, 6.45) is 4.80. The molecular formula is C12H12O. The first-order chi connectivity index (χ1) is 6.34. The van der Waals surface area contributed by atoms with Crippen molar-refractivity contribution in [1.29, 1.82) is 0 Å². The lowest BCUT2D eigenvalue weighted by Crippen LogP contribution is -1.79. The van der Waals surface area contributed by atoms with E-state index in [1.54, 1.807) is 0 Å². The predicted octanol–water partition coefficient (Wildman–Crippen LogP) is 2.85. The summed E-state index contributed by atoms with van der Waals surface area (Å²) in [6.45, 7) is 3.93. The second-order valence-electron chi connectivity index (χ2n) is 2.74. The summed E-state index contributed by atoms with van der Waals surface area (Å²) in [5.74, 6) is 0. The zero-order valence-electron chi connectivity index (χ0n) is 7.44. The second-order valence-corrected chi connectivity index (χ2v) is 2.74. The van der Waals surface area contributed by atoms with Gasteiger partial charge in [-0.25, -0.2) is 0 Å². The van der Waals surface area contributed by atoms with Crippen LogP contribution in [0.3, 0.4) is 0 Å². The predicted molar refractivity (Wildman–Crippen MR) is 55.3 cm³/mol. The summed E-state index contributed by atoms with van der Waals surface area (Å²) in [5, 5.41) is 0. The highest BCUT2D eigenvalue weighted by molar-refractivity contribution is 5.68. The Morgan fingerprint density at radius 2 is 2.00 bits per heavy atom. The monoisotopic (exact) mass is 172 g/mol. The Morgan fingerprint density at radius 3 is 2.62 bits per heavy atom. The topological polar surface area (TPSA) is 17.1 Å². The van der Waals surface area contributed by atoms with E-state index < -0.39 is 0 Å². The Bertz CT molecular complexity index is 309. The molecule has 0 bridgehead atoms. The Morgan fingerprint density at radius 1 is 1.31 bits per heavy atom. The minimum Gasteiger partial charge on any atom is -0.299 e. The van der Waals surface area contributed by atoms with E-state index in [0.29, 0.717) is 0 Å². The third kappa shape index (κ3) is 3.08.